The Hall–Kier alpha value is -2.43. The lowest BCUT2D eigenvalue weighted by Crippen LogP contribution is -2.23. The van der Waals surface area contributed by atoms with E-state index in [1.165, 1.54) is 19.1 Å². The van der Waals surface area contributed by atoms with Gasteiger partial charge < -0.3 is 9.88 Å². The van der Waals surface area contributed by atoms with Gasteiger partial charge in [-0.2, -0.15) is 0 Å². The van der Waals surface area contributed by atoms with Crippen LogP contribution in [0.4, 0.5) is 14.5 Å². The molecule has 0 spiro atoms. The normalized spacial score (nSPS) is 17.8. The number of fused-ring (bicyclic) bond motifs is 1. The Kier molecular flexibility index (Phi) is 3.52. The average Bonchev–Trinajstić information content (AvgIpc) is 3.16. The average molecular weight is 327 g/mol. The maximum Gasteiger partial charge on any atom is 0.131 e. The van der Waals surface area contributed by atoms with Gasteiger partial charge in [0.1, 0.15) is 17.5 Å². The summed E-state index contributed by atoms with van der Waals surface area (Å²) < 4.78 is 27.9. The Morgan fingerprint density at radius 2 is 1.88 bits per heavy atom. The number of hydrogen-bond donors (Lipinski definition) is 1. The van der Waals surface area contributed by atoms with Crippen LogP contribution in [0.1, 0.15) is 35.8 Å². The van der Waals surface area contributed by atoms with Crippen molar-refractivity contribution in [3.8, 4) is 0 Å². The van der Waals surface area contributed by atoms with Gasteiger partial charge in [-0.3, -0.25) is 0 Å². The number of anilines is 1. The second kappa shape index (κ2) is 5.58. The van der Waals surface area contributed by atoms with Crippen molar-refractivity contribution in [3.05, 3.63) is 58.9 Å². The lowest BCUT2D eigenvalue weighted by molar-refractivity contribution is 0.566. The molecule has 1 fully saturated rings. The topological polar surface area (TPSA) is 31.9 Å². The molecule has 0 unspecified atom stereocenters. The molecular weight excluding hydrogens is 308 g/mol. The Morgan fingerprint density at radius 3 is 2.62 bits per heavy atom. The third-order valence-corrected chi connectivity index (χ3v) is 4.86. The van der Waals surface area contributed by atoms with Crippen LogP contribution < -0.4 is 4.90 Å². The van der Waals surface area contributed by atoms with Crippen LogP contribution >= 0.6 is 0 Å². The number of imidazole rings is 1. The summed E-state index contributed by atoms with van der Waals surface area (Å²) in [6.45, 7) is 4.19. The van der Waals surface area contributed by atoms with E-state index < -0.39 is 11.6 Å². The number of nitrogens with one attached hydrogen (secondary N) is 1. The van der Waals surface area contributed by atoms with Crippen molar-refractivity contribution in [1.82, 2.24) is 9.97 Å². The Balaban J connectivity index is 1.73. The molecule has 2 aromatic carbocycles. The molecule has 1 aromatic heterocycles. The number of hydrogen-bond acceptors (Lipinski definition) is 2. The van der Waals surface area contributed by atoms with Crippen molar-refractivity contribution in [2.75, 3.05) is 11.4 Å². The zero-order chi connectivity index (χ0) is 16.8. The highest BCUT2D eigenvalue weighted by atomic mass is 19.1. The number of rotatable bonds is 2. The molecule has 1 saturated heterocycles. The van der Waals surface area contributed by atoms with Crippen LogP contribution in [0.2, 0.25) is 0 Å². The Labute approximate surface area is 139 Å². The van der Waals surface area contributed by atoms with Crippen LogP contribution in [0, 0.1) is 25.5 Å². The molecule has 0 saturated carbocycles. The summed E-state index contributed by atoms with van der Waals surface area (Å²) in [7, 11) is 0. The molecule has 1 atom stereocenters. The molecule has 4 rings (SSSR count). The van der Waals surface area contributed by atoms with Gasteiger partial charge in [0.25, 0.3) is 0 Å². The summed E-state index contributed by atoms with van der Waals surface area (Å²) in [5.41, 5.74) is 3.76. The van der Waals surface area contributed by atoms with Gasteiger partial charge in [0, 0.05) is 17.8 Å². The van der Waals surface area contributed by atoms with Gasteiger partial charge in [0.2, 0.25) is 0 Å². The van der Waals surface area contributed by atoms with Crippen LogP contribution in [0.5, 0.6) is 0 Å². The van der Waals surface area contributed by atoms with Gasteiger partial charge in [0.15, 0.2) is 0 Å². The first-order chi connectivity index (χ1) is 11.5. The van der Waals surface area contributed by atoms with E-state index in [1.54, 1.807) is 0 Å². The van der Waals surface area contributed by atoms with Gasteiger partial charge in [0.05, 0.1) is 17.1 Å². The van der Waals surface area contributed by atoms with E-state index in [1.807, 2.05) is 13.0 Å². The largest absolute Gasteiger partial charge is 0.364 e. The molecule has 1 aliphatic rings. The molecule has 0 amide bonds. The zero-order valence-electron chi connectivity index (χ0n) is 13.7. The SMILES string of the molecule is Cc1nc2ccc([C@H]3CCCN3c3cc(F)c(C)c(F)c3)cc2[nH]1. The molecular formula is C19H19F2N3. The van der Waals surface area contributed by atoms with Gasteiger partial charge in [-0.1, -0.05) is 6.07 Å². The minimum atomic E-state index is -0.490. The third-order valence-electron chi connectivity index (χ3n) is 4.86. The number of benzene rings is 2. The van der Waals surface area contributed by atoms with Crippen molar-refractivity contribution in [1.29, 1.82) is 0 Å². The number of aromatic nitrogens is 2. The summed E-state index contributed by atoms with van der Waals surface area (Å²) in [5, 5.41) is 0. The summed E-state index contributed by atoms with van der Waals surface area (Å²) >= 11 is 0. The van der Waals surface area contributed by atoms with Crippen LogP contribution in [-0.2, 0) is 0 Å². The van der Waals surface area contributed by atoms with Crippen molar-refractivity contribution in [2.24, 2.45) is 0 Å². The highest BCUT2D eigenvalue weighted by Gasteiger charge is 2.27. The number of aryl methyl sites for hydroxylation is 1. The molecule has 1 N–H and O–H groups in total. The fourth-order valence-electron chi connectivity index (χ4n) is 3.58. The molecule has 24 heavy (non-hydrogen) atoms. The number of halogens is 2. The number of aromatic amines is 1. The fourth-order valence-corrected chi connectivity index (χ4v) is 3.58. The van der Waals surface area contributed by atoms with Gasteiger partial charge >= 0.3 is 0 Å². The van der Waals surface area contributed by atoms with E-state index in [9.17, 15) is 8.78 Å². The lowest BCUT2D eigenvalue weighted by Gasteiger charge is -2.27. The van der Waals surface area contributed by atoms with Crippen LogP contribution in [0.25, 0.3) is 11.0 Å². The van der Waals surface area contributed by atoms with Crippen LogP contribution in [0.3, 0.4) is 0 Å². The van der Waals surface area contributed by atoms with Gasteiger partial charge in [-0.05, 0) is 56.5 Å². The minimum Gasteiger partial charge on any atom is -0.364 e. The van der Waals surface area contributed by atoms with Crippen molar-refractivity contribution < 1.29 is 8.78 Å². The lowest BCUT2D eigenvalue weighted by atomic mass is 10.0. The van der Waals surface area contributed by atoms with Crippen molar-refractivity contribution in [2.45, 2.75) is 32.7 Å². The Morgan fingerprint density at radius 1 is 1.12 bits per heavy atom. The van der Waals surface area contributed by atoms with Gasteiger partial charge in [-0.15, -0.1) is 0 Å². The smallest absolute Gasteiger partial charge is 0.131 e. The third kappa shape index (κ3) is 2.44. The van der Waals surface area contributed by atoms with E-state index in [2.05, 4.69) is 27.0 Å². The maximum absolute atomic E-state index is 14.0. The summed E-state index contributed by atoms with van der Waals surface area (Å²) in [6.07, 6.45) is 1.97. The molecule has 124 valence electrons. The summed E-state index contributed by atoms with van der Waals surface area (Å²) in [6, 6.07) is 9.16. The molecule has 3 aromatic rings. The van der Waals surface area contributed by atoms with Crippen LogP contribution in [0.15, 0.2) is 30.3 Å². The first-order valence-corrected chi connectivity index (χ1v) is 8.21. The van der Waals surface area contributed by atoms with Crippen molar-refractivity contribution >= 4 is 16.7 Å². The first-order valence-electron chi connectivity index (χ1n) is 8.21. The molecule has 0 bridgehead atoms. The molecule has 0 aliphatic carbocycles. The molecule has 1 aliphatic heterocycles. The monoisotopic (exact) mass is 327 g/mol. The molecule has 0 radical (unpaired) electrons. The minimum absolute atomic E-state index is 0.0730. The standard InChI is InChI=1S/C19H19F2N3/c1-11-15(20)9-14(10-16(11)21)24-7-3-4-19(24)13-5-6-17-18(8-13)23-12(2)22-17/h5-6,8-10,19H,3-4,7H2,1-2H3,(H,22,23)/t19-/m1/s1. The quantitative estimate of drug-likeness (QED) is 0.733. The van der Waals surface area contributed by atoms with Gasteiger partial charge in [-0.25, -0.2) is 13.8 Å². The molecule has 2 heterocycles. The summed E-state index contributed by atoms with van der Waals surface area (Å²) in [4.78, 5) is 9.77. The second-order valence-corrected chi connectivity index (χ2v) is 6.48. The predicted molar refractivity (Wildman–Crippen MR) is 91.2 cm³/mol. The number of nitrogens with zero attached hydrogens (tertiary/aromatic N) is 2. The van der Waals surface area contributed by atoms with Crippen molar-refractivity contribution in [3.63, 3.8) is 0 Å². The van der Waals surface area contributed by atoms with E-state index in [0.29, 0.717) is 5.69 Å². The summed E-state index contributed by atoms with van der Waals surface area (Å²) in [5.74, 6) is -0.0984. The second-order valence-electron chi connectivity index (χ2n) is 6.48. The highest BCUT2D eigenvalue weighted by molar-refractivity contribution is 5.76. The molecule has 3 nitrogen and oxygen atoms in total. The first kappa shape index (κ1) is 15.1. The van der Waals surface area contributed by atoms with E-state index in [4.69, 9.17) is 0 Å². The fraction of sp³-hybridized carbons (Fsp3) is 0.316. The molecule has 5 heteroatoms. The zero-order valence-corrected chi connectivity index (χ0v) is 13.7. The van der Waals surface area contributed by atoms with E-state index in [-0.39, 0.29) is 11.6 Å². The van der Waals surface area contributed by atoms with Crippen LogP contribution in [-0.4, -0.2) is 16.5 Å². The highest BCUT2D eigenvalue weighted by Crippen LogP contribution is 2.37. The Bertz CT molecular complexity index is 893. The number of H-pyrrole nitrogens is 1. The van der Waals surface area contributed by atoms with E-state index in [0.717, 1.165) is 41.8 Å². The predicted octanol–water partition coefficient (Wildman–Crippen LogP) is 4.80. The maximum atomic E-state index is 14.0. The van der Waals surface area contributed by atoms with E-state index >= 15 is 0 Å².